The van der Waals surface area contributed by atoms with E-state index in [4.69, 9.17) is 5.73 Å². The largest absolute Gasteiger partial charge is 0.356 e. The van der Waals surface area contributed by atoms with E-state index in [9.17, 15) is 4.79 Å². The van der Waals surface area contributed by atoms with E-state index in [2.05, 4.69) is 19.2 Å². The summed E-state index contributed by atoms with van der Waals surface area (Å²) in [6.07, 6.45) is 9.89. The van der Waals surface area contributed by atoms with Crippen molar-refractivity contribution in [3.8, 4) is 0 Å². The number of hydrogen-bond acceptors (Lipinski definition) is 2. The zero-order valence-electron chi connectivity index (χ0n) is 12.1. The van der Waals surface area contributed by atoms with Crippen LogP contribution in [0.2, 0.25) is 0 Å². The van der Waals surface area contributed by atoms with E-state index in [1.54, 1.807) is 0 Å². The Balaban J connectivity index is 2.06. The molecule has 1 aliphatic rings. The first-order valence-corrected chi connectivity index (χ1v) is 7.50. The lowest BCUT2D eigenvalue weighted by molar-refractivity contribution is -0.121. The van der Waals surface area contributed by atoms with Crippen molar-refractivity contribution in [2.45, 2.75) is 65.2 Å². The Bertz CT molecular complexity index is 245. The molecule has 0 bridgehead atoms. The molecule has 0 aliphatic heterocycles. The lowest BCUT2D eigenvalue weighted by Crippen LogP contribution is -2.38. The van der Waals surface area contributed by atoms with Crippen molar-refractivity contribution >= 4 is 5.91 Å². The average molecular weight is 254 g/mol. The fraction of sp³-hybridized carbons (Fsp3) is 0.933. The first kappa shape index (κ1) is 15.5. The topological polar surface area (TPSA) is 55.1 Å². The van der Waals surface area contributed by atoms with E-state index >= 15 is 0 Å². The number of nitrogens with one attached hydrogen (secondary N) is 1. The first-order chi connectivity index (χ1) is 8.53. The summed E-state index contributed by atoms with van der Waals surface area (Å²) in [5.41, 5.74) is 5.65. The Morgan fingerprint density at radius 2 is 1.94 bits per heavy atom. The third-order valence-electron chi connectivity index (χ3n) is 4.06. The van der Waals surface area contributed by atoms with E-state index in [1.807, 2.05) is 0 Å². The van der Waals surface area contributed by atoms with Gasteiger partial charge >= 0.3 is 0 Å². The molecule has 18 heavy (non-hydrogen) atoms. The molecule has 3 nitrogen and oxygen atoms in total. The van der Waals surface area contributed by atoms with Crippen LogP contribution in [0.4, 0.5) is 0 Å². The van der Waals surface area contributed by atoms with E-state index in [0.717, 1.165) is 12.3 Å². The summed E-state index contributed by atoms with van der Waals surface area (Å²) in [7, 11) is 0. The minimum absolute atomic E-state index is 0.0129. The van der Waals surface area contributed by atoms with Crippen LogP contribution in [0.5, 0.6) is 0 Å². The highest BCUT2D eigenvalue weighted by Crippen LogP contribution is 2.27. The maximum atomic E-state index is 11.7. The van der Waals surface area contributed by atoms with Crippen molar-refractivity contribution in [1.82, 2.24) is 5.32 Å². The van der Waals surface area contributed by atoms with Gasteiger partial charge in [0.05, 0.1) is 0 Å². The predicted octanol–water partition coefficient (Wildman–Crippen LogP) is 2.84. The molecule has 0 atom stereocenters. The molecular formula is C15H30N2O. The SMILES string of the molecule is CC(C)(CN)CNC(=O)CCCC1CCCCC1. The van der Waals surface area contributed by atoms with Gasteiger partial charge in [-0.3, -0.25) is 4.79 Å². The quantitative estimate of drug-likeness (QED) is 0.734. The van der Waals surface area contributed by atoms with Crippen molar-refractivity contribution in [1.29, 1.82) is 0 Å². The Kier molecular flexibility index (Phi) is 6.69. The zero-order chi connectivity index (χ0) is 13.4. The van der Waals surface area contributed by atoms with Crippen LogP contribution in [-0.2, 0) is 4.79 Å². The van der Waals surface area contributed by atoms with Gasteiger partial charge < -0.3 is 11.1 Å². The zero-order valence-corrected chi connectivity index (χ0v) is 12.1. The van der Waals surface area contributed by atoms with E-state index in [1.165, 1.54) is 38.5 Å². The minimum Gasteiger partial charge on any atom is -0.356 e. The molecule has 0 unspecified atom stereocenters. The molecule has 106 valence electrons. The Morgan fingerprint density at radius 1 is 1.28 bits per heavy atom. The Labute approximate surface area is 112 Å². The highest BCUT2D eigenvalue weighted by atomic mass is 16.1. The summed E-state index contributed by atoms with van der Waals surface area (Å²) in [4.78, 5) is 11.7. The Hall–Kier alpha value is -0.570. The van der Waals surface area contributed by atoms with Gasteiger partial charge in [-0.25, -0.2) is 0 Å². The molecule has 0 spiro atoms. The second kappa shape index (κ2) is 7.78. The third kappa shape index (κ3) is 6.39. The summed E-state index contributed by atoms with van der Waals surface area (Å²) in [6.45, 7) is 5.45. The van der Waals surface area contributed by atoms with Gasteiger partial charge in [0.15, 0.2) is 0 Å². The standard InChI is InChI=1S/C15H30N2O/c1-15(2,11-16)12-17-14(18)10-6-9-13-7-4-3-5-8-13/h13H,3-12,16H2,1-2H3,(H,17,18). The van der Waals surface area contributed by atoms with Crippen molar-refractivity contribution in [3.63, 3.8) is 0 Å². The first-order valence-electron chi connectivity index (χ1n) is 7.50. The molecule has 1 aliphatic carbocycles. The fourth-order valence-corrected chi connectivity index (χ4v) is 2.53. The van der Waals surface area contributed by atoms with Gasteiger partial charge in [0.1, 0.15) is 0 Å². The number of rotatable bonds is 7. The molecule has 0 saturated heterocycles. The lowest BCUT2D eigenvalue weighted by atomic mass is 9.86. The normalized spacial score (nSPS) is 17.7. The summed E-state index contributed by atoms with van der Waals surface area (Å²) in [6, 6.07) is 0. The molecule has 1 rings (SSSR count). The number of amides is 1. The summed E-state index contributed by atoms with van der Waals surface area (Å²) in [5.74, 6) is 1.07. The molecule has 1 amide bonds. The number of carbonyl (C=O) groups excluding carboxylic acids is 1. The van der Waals surface area contributed by atoms with Crippen LogP contribution in [-0.4, -0.2) is 19.0 Å². The molecule has 0 radical (unpaired) electrons. The summed E-state index contributed by atoms with van der Waals surface area (Å²) in [5, 5.41) is 2.99. The molecule has 1 fully saturated rings. The second-order valence-corrected chi connectivity index (χ2v) is 6.54. The van der Waals surface area contributed by atoms with E-state index < -0.39 is 0 Å². The molecule has 0 aromatic rings. The fourth-order valence-electron chi connectivity index (χ4n) is 2.53. The van der Waals surface area contributed by atoms with Gasteiger partial charge in [-0.05, 0) is 30.7 Å². The molecule has 0 aromatic carbocycles. The van der Waals surface area contributed by atoms with Crippen LogP contribution in [0.25, 0.3) is 0 Å². The van der Waals surface area contributed by atoms with Gasteiger partial charge in [0.25, 0.3) is 0 Å². The number of hydrogen-bond donors (Lipinski definition) is 2. The molecule has 1 saturated carbocycles. The van der Waals surface area contributed by atoms with Gasteiger partial charge in [-0.15, -0.1) is 0 Å². The molecule has 0 heterocycles. The van der Waals surface area contributed by atoms with Gasteiger partial charge in [0, 0.05) is 13.0 Å². The van der Waals surface area contributed by atoms with Crippen molar-refractivity contribution in [2.24, 2.45) is 17.1 Å². The second-order valence-electron chi connectivity index (χ2n) is 6.54. The Morgan fingerprint density at radius 3 is 2.56 bits per heavy atom. The highest BCUT2D eigenvalue weighted by molar-refractivity contribution is 5.75. The van der Waals surface area contributed by atoms with E-state index in [0.29, 0.717) is 19.5 Å². The van der Waals surface area contributed by atoms with Crippen LogP contribution < -0.4 is 11.1 Å². The lowest BCUT2D eigenvalue weighted by Gasteiger charge is -2.23. The predicted molar refractivity (Wildman–Crippen MR) is 76.3 cm³/mol. The highest BCUT2D eigenvalue weighted by Gasteiger charge is 2.17. The third-order valence-corrected chi connectivity index (χ3v) is 4.06. The van der Waals surface area contributed by atoms with Crippen molar-refractivity contribution in [2.75, 3.05) is 13.1 Å². The van der Waals surface area contributed by atoms with E-state index in [-0.39, 0.29) is 11.3 Å². The number of nitrogens with two attached hydrogens (primary N) is 1. The van der Waals surface area contributed by atoms with Crippen LogP contribution in [0.15, 0.2) is 0 Å². The molecular weight excluding hydrogens is 224 g/mol. The van der Waals surface area contributed by atoms with Gasteiger partial charge in [0.2, 0.25) is 5.91 Å². The van der Waals surface area contributed by atoms with Crippen LogP contribution >= 0.6 is 0 Å². The van der Waals surface area contributed by atoms with Crippen LogP contribution in [0, 0.1) is 11.3 Å². The minimum atomic E-state index is 0.0129. The van der Waals surface area contributed by atoms with Crippen LogP contribution in [0.3, 0.4) is 0 Å². The summed E-state index contributed by atoms with van der Waals surface area (Å²) >= 11 is 0. The maximum absolute atomic E-state index is 11.7. The number of carbonyl (C=O) groups is 1. The maximum Gasteiger partial charge on any atom is 0.220 e. The molecule has 3 N–H and O–H groups in total. The average Bonchev–Trinajstić information content (AvgIpc) is 2.38. The molecule has 3 heteroatoms. The van der Waals surface area contributed by atoms with Gasteiger partial charge in [-0.1, -0.05) is 46.0 Å². The smallest absolute Gasteiger partial charge is 0.220 e. The van der Waals surface area contributed by atoms with Crippen molar-refractivity contribution < 1.29 is 4.79 Å². The molecule has 0 aromatic heterocycles. The van der Waals surface area contributed by atoms with Crippen molar-refractivity contribution in [3.05, 3.63) is 0 Å². The van der Waals surface area contributed by atoms with Crippen LogP contribution in [0.1, 0.15) is 65.2 Å². The van der Waals surface area contributed by atoms with Gasteiger partial charge in [-0.2, -0.15) is 0 Å². The monoisotopic (exact) mass is 254 g/mol. The summed E-state index contributed by atoms with van der Waals surface area (Å²) < 4.78 is 0.